The predicted molar refractivity (Wildman–Crippen MR) is 74.9 cm³/mol. The zero-order valence-electron chi connectivity index (χ0n) is 11.8. The van der Waals surface area contributed by atoms with E-state index in [1.165, 1.54) is 12.1 Å². The third-order valence-electron chi connectivity index (χ3n) is 3.73. The highest BCUT2D eigenvalue weighted by Gasteiger charge is 2.29. The minimum absolute atomic E-state index is 0.119. The Morgan fingerprint density at radius 1 is 1.55 bits per heavy atom. The predicted octanol–water partition coefficient (Wildman–Crippen LogP) is 0.942. The topological polar surface area (TPSA) is 61.4 Å². The van der Waals surface area contributed by atoms with Crippen molar-refractivity contribution in [3.8, 4) is 0 Å². The van der Waals surface area contributed by atoms with Crippen molar-refractivity contribution in [2.24, 2.45) is 0 Å². The summed E-state index contributed by atoms with van der Waals surface area (Å²) in [5.74, 6) is -0.395. The number of hydrogen-bond donors (Lipinski definition) is 3. The molecule has 3 N–H and O–H groups in total. The molecule has 4 nitrogen and oxygen atoms in total. The van der Waals surface area contributed by atoms with Gasteiger partial charge in [0.05, 0.1) is 12.1 Å². The van der Waals surface area contributed by atoms with Gasteiger partial charge in [-0.3, -0.25) is 4.79 Å². The molecular formula is C15H21FN2O2. The minimum Gasteiger partial charge on any atom is -0.392 e. The van der Waals surface area contributed by atoms with Crippen LogP contribution < -0.4 is 10.6 Å². The normalized spacial score (nSPS) is 22.8. The average molecular weight is 280 g/mol. The van der Waals surface area contributed by atoms with Crippen molar-refractivity contribution in [1.29, 1.82) is 0 Å². The molecule has 0 radical (unpaired) electrons. The molecule has 2 atom stereocenters. The summed E-state index contributed by atoms with van der Waals surface area (Å²) < 4.78 is 13.3. The number of benzene rings is 1. The van der Waals surface area contributed by atoms with E-state index in [-0.39, 0.29) is 23.2 Å². The van der Waals surface area contributed by atoms with E-state index in [1.54, 1.807) is 6.07 Å². The number of carbonyl (C=O) groups excluding carboxylic acids is 1. The molecule has 0 aromatic heterocycles. The van der Waals surface area contributed by atoms with Crippen LogP contribution in [0.1, 0.15) is 25.8 Å². The standard InChI is InChI=1S/C15H21FN2O2/c1-15(2,10-4-3-5-11(16)6-10)9-18-14(20)13-7-12(19)8-17-13/h3-6,12-13,17,19H,7-9H2,1-2H3,(H,18,20). The molecule has 1 aliphatic rings. The van der Waals surface area contributed by atoms with Gasteiger partial charge in [-0.1, -0.05) is 26.0 Å². The van der Waals surface area contributed by atoms with Gasteiger partial charge in [0.25, 0.3) is 0 Å². The Labute approximate surface area is 118 Å². The van der Waals surface area contributed by atoms with Crippen molar-refractivity contribution in [1.82, 2.24) is 10.6 Å². The van der Waals surface area contributed by atoms with Gasteiger partial charge in [0.2, 0.25) is 5.91 Å². The molecule has 0 bridgehead atoms. The maximum Gasteiger partial charge on any atom is 0.237 e. The first-order chi connectivity index (χ1) is 9.38. The van der Waals surface area contributed by atoms with E-state index >= 15 is 0 Å². The third-order valence-corrected chi connectivity index (χ3v) is 3.73. The fraction of sp³-hybridized carbons (Fsp3) is 0.533. The van der Waals surface area contributed by atoms with E-state index in [4.69, 9.17) is 0 Å². The molecular weight excluding hydrogens is 259 g/mol. The molecule has 0 saturated carbocycles. The summed E-state index contributed by atoms with van der Waals surface area (Å²) in [6.07, 6.45) is -0.0198. The summed E-state index contributed by atoms with van der Waals surface area (Å²) in [5, 5.41) is 15.2. The van der Waals surface area contributed by atoms with Gasteiger partial charge < -0.3 is 15.7 Å². The molecule has 110 valence electrons. The van der Waals surface area contributed by atoms with Crippen LogP contribution >= 0.6 is 0 Å². The maximum absolute atomic E-state index is 13.3. The van der Waals surface area contributed by atoms with E-state index in [9.17, 15) is 14.3 Å². The number of hydrogen-bond acceptors (Lipinski definition) is 3. The highest BCUT2D eigenvalue weighted by Crippen LogP contribution is 2.23. The van der Waals surface area contributed by atoms with E-state index in [2.05, 4.69) is 10.6 Å². The first kappa shape index (κ1) is 14.9. The number of aliphatic hydroxyl groups excluding tert-OH is 1. The number of carbonyl (C=O) groups is 1. The molecule has 1 aliphatic heterocycles. The number of amides is 1. The molecule has 20 heavy (non-hydrogen) atoms. The Morgan fingerprint density at radius 3 is 2.90 bits per heavy atom. The van der Waals surface area contributed by atoms with Crippen molar-refractivity contribution in [3.05, 3.63) is 35.6 Å². The fourth-order valence-electron chi connectivity index (χ4n) is 2.36. The number of rotatable bonds is 4. The highest BCUT2D eigenvalue weighted by molar-refractivity contribution is 5.82. The molecule has 1 aromatic rings. The summed E-state index contributed by atoms with van der Waals surface area (Å²) in [7, 11) is 0. The van der Waals surface area contributed by atoms with Crippen LogP contribution in [0.2, 0.25) is 0 Å². The Kier molecular flexibility index (Phi) is 4.40. The number of halogens is 1. The van der Waals surface area contributed by atoms with Crippen LogP contribution in [0, 0.1) is 5.82 Å². The quantitative estimate of drug-likeness (QED) is 0.769. The van der Waals surface area contributed by atoms with Crippen LogP contribution in [0.4, 0.5) is 4.39 Å². The van der Waals surface area contributed by atoms with Crippen LogP contribution in [0.15, 0.2) is 24.3 Å². The molecule has 1 saturated heterocycles. The Morgan fingerprint density at radius 2 is 2.30 bits per heavy atom. The zero-order valence-corrected chi connectivity index (χ0v) is 11.8. The summed E-state index contributed by atoms with van der Waals surface area (Å²) in [4.78, 5) is 12.0. The van der Waals surface area contributed by atoms with E-state index in [1.807, 2.05) is 19.9 Å². The van der Waals surface area contributed by atoms with Crippen LogP contribution in [0.3, 0.4) is 0 Å². The smallest absolute Gasteiger partial charge is 0.237 e. The summed E-state index contributed by atoms with van der Waals surface area (Å²) >= 11 is 0. The van der Waals surface area contributed by atoms with Crippen LogP contribution in [0.25, 0.3) is 0 Å². The molecule has 2 rings (SSSR count). The summed E-state index contributed by atoms with van der Waals surface area (Å²) in [6.45, 7) is 4.78. The lowest BCUT2D eigenvalue weighted by Gasteiger charge is -2.26. The first-order valence-electron chi connectivity index (χ1n) is 6.84. The second-order valence-electron chi connectivity index (χ2n) is 5.96. The molecule has 1 fully saturated rings. The fourth-order valence-corrected chi connectivity index (χ4v) is 2.36. The largest absolute Gasteiger partial charge is 0.392 e. The lowest BCUT2D eigenvalue weighted by atomic mass is 9.84. The van der Waals surface area contributed by atoms with E-state index in [0.717, 1.165) is 5.56 Å². The third kappa shape index (κ3) is 3.55. The summed E-state index contributed by atoms with van der Waals surface area (Å²) in [5.41, 5.74) is 0.492. The molecule has 1 aromatic carbocycles. The van der Waals surface area contributed by atoms with Crippen LogP contribution in [-0.2, 0) is 10.2 Å². The lowest BCUT2D eigenvalue weighted by Crippen LogP contribution is -2.45. The lowest BCUT2D eigenvalue weighted by molar-refractivity contribution is -0.123. The SMILES string of the molecule is CC(C)(CNC(=O)C1CC(O)CN1)c1cccc(F)c1. The van der Waals surface area contributed by atoms with Crippen molar-refractivity contribution >= 4 is 5.91 Å². The zero-order chi connectivity index (χ0) is 14.8. The van der Waals surface area contributed by atoms with Crippen molar-refractivity contribution < 1.29 is 14.3 Å². The first-order valence-corrected chi connectivity index (χ1v) is 6.84. The van der Waals surface area contributed by atoms with Gasteiger partial charge in [0.1, 0.15) is 5.82 Å². The Bertz CT molecular complexity index is 491. The van der Waals surface area contributed by atoms with Crippen molar-refractivity contribution in [2.75, 3.05) is 13.1 Å². The van der Waals surface area contributed by atoms with Crippen LogP contribution in [-0.4, -0.2) is 36.2 Å². The maximum atomic E-state index is 13.3. The van der Waals surface area contributed by atoms with Crippen LogP contribution in [0.5, 0.6) is 0 Å². The van der Waals surface area contributed by atoms with Gasteiger partial charge in [-0.15, -0.1) is 0 Å². The summed E-state index contributed by atoms with van der Waals surface area (Å²) in [6, 6.07) is 6.08. The molecule has 0 aliphatic carbocycles. The number of aliphatic hydroxyl groups is 1. The van der Waals surface area contributed by atoms with E-state index < -0.39 is 6.10 Å². The molecule has 1 heterocycles. The van der Waals surface area contributed by atoms with Gasteiger partial charge in [0, 0.05) is 18.5 Å². The van der Waals surface area contributed by atoms with Gasteiger partial charge in [-0.05, 0) is 24.1 Å². The van der Waals surface area contributed by atoms with Crippen molar-refractivity contribution in [2.45, 2.75) is 37.8 Å². The Hall–Kier alpha value is -1.46. The van der Waals surface area contributed by atoms with Crippen molar-refractivity contribution in [3.63, 3.8) is 0 Å². The highest BCUT2D eigenvalue weighted by atomic mass is 19.1. The van der Waals surface area contributed by atoms with Gasteiger partial charge in [-0.2, -0.15) is 0 Å². The van der Waals surface area contributed by atoms with Gasteiger partial charge in [-0.25, -0.2) is 4.39 Å². The number of β-amino-alcohol motifs (C(OH)–C–C–N with tert-alkyl or cyclic N) is 1. The van der Waals surface area contributed by atoms with Gasteiger partial charge in [0.15, 0.2) is 0 Å². The average Bonchev–Trinajstić information content (AvgIpc) is 2.83. The second-order valence-corrected chi connectivity index (χ2v) is 5.96. The monoisotopic (exact) mass is 280 g/mol. The van der Waals surface area contributed by atoms with Gasteiger partial charge >= 0.3 is 0 Å². The molecule has 2 unspecified atom stereocenters. The molecule has 0 spiro atoms. The minimum atomic E-state index is -0.457. The second kappa shape index (κ2) is 5.89. The van der Waals surface area contributed by atoms with E-state index in [0.29, 0.717) is 19.5 Å². The number of nitrogens with one attached hydrogen (secondary N) is 2. The molecule has 1 amide bonds. The Balaban J connectivity index is 1.93. The molecule has 5 heteroatoms.